The van der Waals surface area contributed by atoms with Gasteiger partial charge in [0, 0.05) is 58.1 Å². The molecule has 0 aliphatic heterocycles. The highest BCUT2D eigenvalue weighted by Crippen LogP contribution is 2.19. The molecule has 166 valence electrons. The predicted molar refractivity (Wildman–Crippen MR) is 132 cm³/mol. The summed E-state index contributed by atoms with van der Waals surface area (Å²) in [7, 11) is 5.72. The number of nitrogens with one attached hydrogen (secondary N) is 2. The Morgan fingerprint density at radius 2 is 2.10 bits per heavy atom. The van der Waals surface area contributed by atoms with Gasteiger partial charge in [0.25, 0.3) is 0 Å². The van der Waals surface area contributed by atoms with E-state index in [1.54, 1.807) is 13.1 Å². The number of aromatic nitrogens is 2. The van der Waals surface area contributed by atoms with Crippen LogP contribution in [0, 0.1) is 0 Å². The van der Waals surface area contributed by atoms with Crippen LogP contribution in [0.5, 0.6) is 5.75 Å². The molecule has 0 saturated heterocycles. The normalized spacial score (nSPS) is 11.1. The van der Waals surface area contributed by atoms with Gasteiger partial charge in [-0.05, 0) is 18.1 Å². The van der Waals surface area contributed by atoms with E-state index < -0.39 is 0 Å². The second kappa shape index (κ2) is 12.4. The van der Waals surface area contributed by atoms with Crippen molar-refractivity contribution in [3.8, 4) is 5.75 Å². The molecule has 0 spiro atoms. The molecule has 2 aromatic rings. The number of carbonyl (C=O) groups excluding carboxylic acids is 1. The van der Waals surface area contributed by atoms with E-state index >= 15 is 0 Å². The van der Waals surface area contributed by atoms with Gasteiger partial charge in [0.05, 0.1) is 12.2 Å². The number of hydrogen-bond acceptors (Lipinski definition) is 4. The molecular formula is C21H33IN6O2. The van der Waals surface area contributed by atoms with Crippen molar-refractivity contribution in [1.82, 2.24) is 20.0 Å². The zero-order valence-electron chi connectivity index (χ0n) is 18.6. The lowest BCUT2D eigenvalue weighted by molar-refractivity contribution is -0.114. The molecule has 0 atom stereocenters. The number of nitrogens with zero attached hydrogens (tertiary/aromatic N) is 4. The van der Waals surface area contributed by atoms with Crippen LogP contribution in [0.1, 0.15) is 37.9 Å². The quantitative estimate of drug-likeness (QED) is 0.238. The number of carbonyl (C=O) groups is 1. The van der Waals surface area contributed by atoms with Gasteiger partial charge in [-0.1, -0.05) is 19.9 Å². The predicted octanol–water partition coefficient (Wildman–Crippen LogP) is 3.21. The summed E-state index contributed by atoms with van der Waals surface area (Å²) in [6, 6.07) is 7.34. The largest absolute Gasteiger partial charge is 0.492 e. The second-order valence-corrected chi connectivity index (χ2v) is 7.26. The fourth-order valence-electron chi connectivity index (χ4n) is 3.08. The number of rotatable bonds is 8. The molecule has 30 heavy (non-hydrogen) atoms. The van der Waals surface area contributed by atoms with E-state index in [1.165, 1.54) is 12.5 Å². The van der Waals surface area contributed by atoms with E-state index in [2.05, 4.69) is 45.7 Å². The Hall–Kier alpha value is -2.30. The van der Waals surface area contributed by atoms with Gasteiger partial charge >= 0.3 is 0 Å². The third kappa shape index (κ3) is 7.85. The number of hydrogen-bond donors (Lipinski definition) is 2. The Morgan fingerprint density at radius 3 is 2.73 bits per heavy atom. The summed E-state index contributed by atoms with van der Waals surface area (Å²) in [4.78, 5) is 17.6. The van der Waals surface area contributed by atoms with Crippen LogP contribution in [0.15, 0.2) is 35.5 Å². The molecule has 1 aromatic carbocycles. The first-order chi connectivity index (χ1) is 13.8. The molecule has 0 bridgehead atoms. The third-order valence-corrected chi connectivity index (χ3v) is 4.27. The van der Waals surface area contributed by atoms with Crippen molar-refractivity contribution < 1.29 is 9.53 Å². The second-order valence-electron chi connectivity index (χ2n) is 7.26. The smallest absolute Gasteiger partial charge is 0.221 e. The standard InChI is InChI=1S/C21H32N6O2.HI/c1-15(2)20-17(14-27(6)25-20)13-26(5)21(22-4)23-10-11-29-19-9-7-8-18(12-19)24-16(3)28;/h7-9,12,14-15H,10-11,13H2,1-6H3,(H,22,23)(H,24,28);1H. The molecule has 8 nitrogen and oxygen atoms in total. The number of ether oxygens (including phenoxy) is 1. The highest BCUT2D eigenvalue weighted by Gasteiger charge is 2.15. The van der Waals surface area contributed by atoms with Crippen molar-refractivity contribution in [2.75, 3.05) is 32.6 Å². The van der Waals surface area contributed by atoms with Crippen LogP contribution in [-0.4, -0.2) is 53.8 Å². The van der Waals surface area contributed by atoms with Gasteiger partial charge in [-0.2, -0.15) is 5.10 Å². The molecule has 0 unspecified atom stereocenters. The summed E-state index contributed by atoms with van der Waals surface area (Å²) in [5, 5.41) is 10.6. The van der Waals surface area contributed by atoms with Crippen LogP contribution < -0.4 is 15.4 Å². The average Bonchev–Trinajstić information content (AvgIpc) is 3.02. The lowest BCUT2D eigenvalue weighted by Gasteiger charge is -2.22. The molecule has 0 saturated carbocycles. The van der Waals surface area contributed by atoms with Crippen LogP contribution in [0.3, 0.4) is 0 Å². The number of aryl methyl sites for hydroxylation is 1. The maximum atomic E-state index is 11.2. The first kappa shape index (κ1) is 25.7. The molecule has 0 aliphatic carbocycles. The van der Waals surface area contributed by atoms with Gasteiger partial charge in [0.15, 0.2) is 5.96 Å². The maximum absolute atomic E-state index is 11.2. The lowest BCUT2D eigenvalue weighted by atomic mass is 10.1. The van der Waals surface area contributed by atoms with Gasteiger partial charge in [-0.25, -0.2) is 0 Å². The van der Waals surface area contributed by atoms with E-state index in [9.17, 15) is 4.79 Å². The van der Waals surface area contributed by atoms with Gasteiger partial charge in [-0.15, -0.1) is 24.0 Å². The maximum Gasteiger partial charge on any atom is 0.221 e. The minimum Gasteiger partial charge on any atom is -0.492 e. The fourth-order valence-corrected chi connectivity index (χ4v) is 3.08. The summed E-state index contributed by atoms with van der Waals surface area (Å²) in [6.07, 6.45) is 2.06. The highest BCUT2D eigenvalue weighted by atomic mass is 127. The SMILES string of the molecule is CN=C(NCCOc1cccc(NC(C)=O)c1)N(C)Cc1cn(C)nc1C(C)C.I. The van der Waals surface area contributed by atoms with Crippen molar-refractivity contribution >= 4 is 41.5 Å². The first-order valence-electron chi connectivity index (χ1n) is 9.74. The van der Waals surface area contributed by atoms with Crippen molar-refractivity contribution in [2.24, 2.45) is 12.0 Å². The van der Waals surface area contributed by atoms with E-state index in [0.717, 1.165) is 23.9 Å². The number of anilines is 1. The molecule has 9 heteroatoms. The summed E-state index contributed by atoms with van der Waals surface area (Å²) in [5.41, 5.74) is 3.02. The average molecular weight is 528 g/mol. The van der Waals surface area contributed by atoms with Gasteiger partial charge in [-0.3, -0.25) is 14.5 Å². The molecule has 0 fully saturated rings. The Morgan fingerprint density at radius 1 is 1.37 bits per heavy atom. The van der Waals surface area contributed by atoms with E-state index in [0.29, 0.717) is 24.8 Å². The van der Waals surface area contributed by atoms with Crippen LogP contribution in [0.4, 0.5) is 5.69 Å². The molecule has 1 heterocycles. The van der Waals surface area contributed by atoms with Crippen LogP contribution >= 0.6 is 24.0 Å². The summed E-state index contributed by atoms with van der Waals surface area (Å²) >= 11 is 0. The van der Waals surface area contributed by atoms with Crippen LogP contribution in [0.2, 0.25) is 0 Å². The molecule has 2 rings (SSSR count). The van der Waals surface area contributed by atoms with Gasteiger partial charge in [0.1, 0.15) is 12.4 Å². The topological polar surface area (TPSA) is 83.8 Å². The Bertz CT molecular complexity index is 850. The molecule has 2 N–H and O–H groups in total. The van der Waals surface area contributed by atoms with E-state index in [4.69, 9.17) is 4.74 Å². The Balaban J connectivity index is 0.00000450. The van der Waals surface area contributed by atoms with Crippen LogP contribution in [0.25, 0.3) is 0 Å². The third-order valence-electron chi connectivity index (χ3n) is 4.27. The van der Waals surface area contributed by atoms with Gasteiger partial charge < -0.3 is 20.3 Å². The van der Waals surface area contributed by atoms with Crippen LogP contribution in [-0.2, 0) is 18.4 Å². The summed E-state index contributed by atoms with van der Waals surface area (Å²) in [6.45, 7) is 7.58. The van der Waals surface area contributed by atoms with Crippen molar-refractivity contribution in [3.05, 3.63) is 41.7 Å². The van der Waals surface area contributed by atoms with E-state index in [1.807, 2.05) is 37.0 Å². The van der Waals surface area contributed by atoms with Crippen molar-refractivity contribution in [3.63, 3.8) is 0 Å². The molecule has 0 radical (unpaired) electrons. The molecule has 1 amide bonds. The monoisotopic (exact) mass is 528 g/mol. The Kier molecular flexibility index (Phi) is 10.6. The van der Waals surface area contributed by atoms with E-state index in [-0.39, 0.29) is 29.9 Å². The minimum absolute atomic E-state index is 0. The van der Waals surface area contributed by atoms with Crippen molar-refractivity contribution in [1.29, 1.82) is 0 Å². The zero-order valence-corrected chi connectivity index (χ0v) is 20.9. The number of aliphatic imine (C=N–C) groups is 1. The zero-order chi connectivity index (χ0) is 21.4. The number of benzene rings is 1. The lowest BCUT2D eigenvalue weighted by Crippen LogP contribution is -2.40. The summed E-state index contributed by atoms with van der Waals surface area (Å²) < 4.78 is 7.63. The minimum atomic E-state index is -0.107. The first-order valence-corrected chi connectivity index (χ1v) is 9.74. The molecule has 0 aliphatic rings. The Labute approximate surface area is 196 Å². The van der Waals surface area contributed by atoms with Gasteiger partial charge in [0.2, 0.25) is 5.91 Å². The number of halogens is 1. The molecular weight excluding hydrogens is 495 g/mol. The summed E-state index contributed by atoms with van der Waals surface area (Å²) in [5.74, 6) is 1.76. The highest BCUT2D eigenvalue weighted by molar-refractivity contribution is 14.0. The van der Waals surface area contributed by atoms with Crippen molar-refractivity contribution in [2.45, 2.75) is 33.2 Å². The number of amides is 1. The number of guanidine groups is 1. The molecule has 1 aromatic heterocycles. The fraction of sp³-hybridized carbons (Fsp3) is 0.476.